The fourth-order valence-corrected chi connectivity index (χ4v) is 3.85. The molecular formula is C21H20BrN5O3S. The molecular weight excluding hydrogens is 482 g/mol. The monoisotopic (exact) mass is 501 g/mol. The number of aromatic hydroxyl groups is 1. The maximum atomic E-state index is 12.4. The van der Waals surface area contributed by atoms with Gasteiger partial charge in [-0.05, 0) is 42.5 Å². The minimum absolute atomic E-state index is 0.0814. The van der Waals surface area contributed by atoms with E-state index in [0.29, 0.717) is 34.5 Å². The van der Waals surface area contributed by atoms with Crippen LogP contribution in [0.5, 0.6) is 5.75 Å². The van der Waals surface area contributed by atoms with Crippen LogP contribution in [0.15, 0.2) is 64.7 Å². The first-order valence-electron chi connectivity index (χ1n) is 9.20. The molecule has 0 bridgehead atoms. The van der Waals surface area contributed by atoms with Crippen molar-refractivity contribution in [2.75, 3.05) is 16.4 Å². The third-order valence-corrected chi connectivity index (χ3v) is 5.51. The number of amides is 2. The molecule has 0 aliphatic carbocycles. The van der Waals surface area contributed by atoms with Crippen molar-refractivity contribution in [3.63, 3.8) is 0 Å². The number of carbonyl (C=O) groups excluding carboxylic acids is 2. The second kappa shape index (κ2) is 10.3. The van der Waals surface area contributed by atoms with E-state index in [2.05, 4.69) is 43.3 Å². The van der Waals surface area contributed by atoms with E-state index < -0.39 is 0 Å². The van der Waals surface area contributed by atoms with Gasteiger partial charge < -0.3 is 15.7 Å². The van der Waals surface area contributed by atoms with E-state index in [9.17, 15) is 14.7 Å². The molecule has 1 aromatic heterocycles. The molecule has 2 aromatic carbocycles. The van der Waals surface area contributed by atoms with Crippen molar-refractivity contribution in [2.24, 2.45) is 0 Å². The Morgan fingerprint density at radius 2 is 1.84 bits per heavy atom. The summed E-state index contributed by atoms with van der Waals surface area (Å²) in [5, 5.41) is 24.6. The zero-order valence-electron chi connectivity index (χ0n) is 16.6. The smallest absolute Gasteiger partial charge is 0.234 e. The number of allylic oxidation sites excluding steroid dienone is 1. The lowest BCUT2D eigenvalue weighted by atomic mass is 10.2. The van der Waals surface area contributed by atoms with Gasteiger partial charge in [0.05, 0.1) is 11.3 Å². The van der Waals surface area contributed by atoms with Crippen molar-refractivity contribution in [3.05, 3.63) is 59.6 Å². The molecule has 0 atom stereocenters. The van der Waals surface area contributed by atoms with Crippen LogP contribution in [0.4, 0.5) is 11.4 Å². The molecule has 0 radical (unpaired) electrons. The predicted molar refractivity (Wildman–Crippen MR) is 125 cm³/mol. The molecule has 0 saturated heterocycles. The Balaban J connectivity index is 1.69. The van der Waals surface area contributed by atoms with Crippen LogP contribution in [0, 0.1) is 0 Å². The number of anilines is 2. The first-order chi connectivity index (χ1) is 14.9. The van der Waals surface area contributed by atoms with Crippen LogP contribution >= 0.6 is 27.7 Å². The third-order valence-electron chi connectivity index (χ3n) is 4.05. The van der Waals surface area contributed by atoms with Crippen molar-refractivity contribution in [1.29, 1.82) is 0 Å². The van der Waals surface area contributed by atoms with Gasteiger partial charge in [0.2, 0.25) is 11.8 Å². The predicted octanol–water partition coefficient (Wildman–Crippen LogP) is 4.29. The minimum Gasteiger partial charge on any atom is -0.507 e. The van der Waals surface area contributed by atoms with Gasteiger partial charge in [-0.2, -0.15) is 0 Å². The number of halogens is 1. The van der Waals surface area contributed by atoms with Gasteiger partial charge in [-0.3, -0.25) is 14.2 Å². The highest BCUT2D eigenvalue weighted by Gasteiger charge is 2.18. The normalized spacial score (nSPS) is 10.5. The largest absolute Gasteiger partial charge is 0.507 e. The van der Waals surface area contributed by atoms with E-state index >= 15 is 0 Å². The van der Waals surface area contributed by atoms with Crippen LogP contribution in [0.25, 0.3) is 11.4 Å². The molecule has 3 aromatic rings. The Kier molecular flexibility index (Phi) is 7.48. The number of thioether (sulfide) groups is 1. The molecule has 8 nitrogen and oxygen atoms in total. The molecule has 10 heteroatoms. The summed E-state index contributed by atoms with van der Waals surface area (Å²) < 4.78 is 2.58. The maximum Gasteiger partial charge on any atom is 0.234 e. The third kappa shape index (κ3) is 5.96. The van der Waals surface area contributed by atoms with Crippen molar-refractivity contribution in [3.8, 4) is 17.1 Å². The molecule has 160 valence electrons. The molecule has 3 N–H and O–H groups in total. The van der Waals surface area contributed by atoms with Crippen LogP contribution in [-0.4, -0.2) is 37.4 Å². The van der Waals surface area contributed by atoms with Gasteiger partial charge in [0, 0.05) is 29.3 Å². The van der Waals surface area contributed by atoms with Gasteiger partial charge in [-0.25, -0.2) is 0 Å². The number of rotatable bonds is 8. The molecule has 31 heavy (non-hydrogen) atoms. The Hall–Kier alpha value is -3.11. The van der Waals surface area contributed by atoms with Gasteiger partial charge in [-0.1, -0.05) is 33.8 Å². The number of phenolic OH excluding ortho intramolecular Hbond substituents is 1. The number of hydrogen-bond acceptors (Lipinski definition) is 6. The van der Waals surface area contributed by atoms with Crippen LogP contribution < -0.4 is 10.6 Å². The first kappa shape index (κ1) is 22.6. The summed E-state index contributed by atoms with van der Waals surface area (Å²) >= 11 is 4.62. The van der Waals surface area contributed by atoms with E-state index in [1.54, 1.807) is 53.1 Å². The van der Waals surface area contributed by atoms with E-state index in [4.69, 9.17) is 0 Å². The molecule has 0 aliphatic heterocycles. The Labute approximate surface area is 191 Å². The molecule has 0 aliphatic rings. The number of carbonyl (C=O) groups is 2. The highest BCUT2D eigenvalue weighted by atomic mass is 79.9. The first-order valence-corrected chi connectivity index (χ1v) is 11.0. The summed E-state index contributed by atoms with van der Waals surface area (Å²) in [4.78, 5) is 23.4. The highest BCUT2D eigenvalue weighted by molar-refractivity contribution is 9.10. The Morgan fingerprint density at radius 1 is 1.16 bits per heavy atom. The average molecular weight is 502 g/mol. The Morgan fingerprint density at radius 3 is 2.48 bits per heavy atom. The van der Waals surface area contributed by atoms with Crippen molar-refractivity contribution < 1.29 is 14.7 Å². The highest BCUT2D eigenvalue weighted by Crippen LogP contribution is 2.32. The lowest BCUT2D eigenvalue weighted by Crippen LogP contribution is -2.15. The minimum atomic E-state index is -0.211. The lowest BCUT2D eigenvalue weighted by Gasteiger charge is -2.10. The van der Waals surface area contributed by atoms with E-state index in [1.807, 2.05) is 0 Å². The van der Waals surface area contributed by atoms with Crippen LogP contribution in [-0.2, 0) is 16.1 Å². The van der Waals surface area contributed by atoms with Gasteiger partial charge in [-0.15, -0.1) is 16.8 Å². The lowest BCUT2D eigenvalue weighted by molar-refractivity contribution is -0.114. The molecule has 0 fully saturated rings. The SMILES string of the molecule is C=CCn1c(SCC(=O)Nc2ccc(NC(C)=O)cc2)nnc1-c1cc(Br)ccc1O. The summed E-state index contributed by atoms with van der Waals surface area (Å²) in [5.74, 6) is 0.311. The topological polar surface area (TPSA) is 109 Å². The van der Waals surface area contributed by atoms with E-state index in [1.165, 1.54) is 18.7 Å². The van der Waals surface area contributed by atoms with Crippen LogP contribution in [0.1, 0.15) is 6.92 Å². The molecule has 0 unspecified atom stereocenters. The van der Waals surface area contributed by atoms with Gasteiger partial charge in [0.15, 0.2) is 11.0 Å². The van der Waals surface area contributed by atoms with Crippen LogP contribution in [0.2, 0.25) is 0 Å². The fourth-order valence-electron chi connectivity index (χ4n) is 2.74. The molecule has 2 amide bonds. The molecule has 0 spiro atoms. The summed E-state index contributed by atoms with van der Waals surface area (Å²) in [7, 11) is 0. The molecule has 3 rings (SSSR count). The number of nitrogens with zero attached hydrogens (tertiary/aromatic N) is 3. The van der Waals surface area contributed by atoms with Crippen LogP contribution in [0.3, 0.4) is 0 Å². The van der Waals surface area contributed by atoms with Gasteiger partial charge in [0.25, 0.3) is 0 Å². The number of phenols is 1. The number of hydrogen-bond donors (Lipinski definition) is 3. The standard InChI is InChI=1S/C21H20BrN5O3S/c1-3-10-27-20(17-11-14(22)4-9-18(17)29)25-26-21(27)31-12-19(30)24-16-7-5-15(6-8-16)23-13(2)28/h3-9,11,29H,1,10,12H2,2H3,(H,23,28)(H,24,30). The van der Waals surface area contributed by atoms with Gasteiger partial charge in [0.1, 0.15) is 5.75 Å². The summed E-state index contributed by atoms with van der Waals surface area (Å²) in [6.07, 6.45) is 1.70. The van der Waals surface area contributed by atoms with E-state index in [0.717, 1.165) is 4.47 Å². The second-order valence-corrected chi connectivity index (χ2v) is 8.32. The van der Waals surface area contributed by atoms with Crippen molar-refractivity contribution >= 4 is 50.9 Å². The number of benzene rings is 2. The zero-order valence-corrected chi connectivity index (χ0v) is 19.0. The van der Waals surface area contributed by atoms with Crippen molar-refractivity contribution in [1.82, 2.24) is 14.8 Å². The fraction of sp³-hybridized carbons (Fsp3) is 0.143. The van der Waals surface area contributed by atoms with E-state index in [-0.39, 0.29) is 23.3 Å². The summed E-state index contributed by atoms with van der Waals surface area (Å²) in [5.41, 5.74) is 1.80. The molecule has 0 saturated carbocycles. The Bertz CT molecular complexity index is 1110. The van der Waals surface area contributed by atoms with Crippen molar-refractivity contribution in [2.45, 2.75) is 18.6 Å². The summed E-state index contributed by atoms with van der Waals surface area (Å²) in [6, 6.07) is 11.9. The van der Waals surface area contributed by atoms with Gasteiger partial charge >= 0.3 is 0 Å². The number of nitrogens with one attached hydrogen (secondary N) is 2. The maximum absolute atomic E-state index is 12.4. The molecule has 1 heterocycles. The number of aromatic nitrogens is 3. The summed E-state index contributed by atoms with van der Waals surface area (Å²) in [6.45, 7) is 5.62. The second-order valence-electron chi connectivity index (χ2n) is 6.46. The average Bonchev–Trinajstić information content (AvgIpc) is 3.12. The quantitative estimate of drug-likeness (QED) is 0.313. The zero-order chi connectivity index (χ0) is 22.4.